The number of hydrogen-bond donors (Lipinski definition) is 4. The second-order valence-electron chi connectivity index (χ2n) is 6.99. The van der Waals surface area contributed by atoms with E-state index in [0.29, 0.717) is 6.42 Å². The molecule has 1 aliphatic heterocycles. The zero-order chi connectivity index (χ0) is 19.8. The summed E-state index contributed by atoms with van der Waals surface area (Å²) < 4.78 is 4.44. The third-order valence-corrected chi connectivity index (χ3v) is 5.02. The zero-order valence-electron chi connectivity index (χ0n) is 15.3. The van der Waals surface area contributed by atoms with Gasteiger partial charge < -0.3 is 25.2 Å². The fourth-order valence-electron chi connectivity index (χ4n) is 3.34. The summed E-state index contributed by atoms with van der Waals surface area (Å²) in [7, 11) is 0. The molecular formula is C18H30O8. The number of ether oxygens (including phenoxy) is 1. The number of carbonyl (C=O) groups excluding carboxylic acids is 1. The molecule has 0 bridgehead atoms. The minimum absolute atomic E-state index is 0.281. The number of unbranched alkanes of at least 4 members (excludes halogenated alkanes) is 9. The van der Waals surface area contributed by atoms with Gasteiger partial charge in [0.05, 0.1) is 0 Å². The fraction of sp³-hybridized carbons (Fsp3) is 0.833. The summed E-state index contributed by atoms with van der Waals surface area (Å²) in [5.41, 5.74) is -5.96. The average molecular weight is 374 g/mol. The molecule has 1 heterocycles. The van der Waals surface area contributed by atoms with E-state index in [1.165, 1.54) is 25.7 Å². The molecule has 8 heteroatoms. The van der Waals surface area contributed by atoms with E-state index >= 15 is 0 Å². The lowest BCUT2D eigenvalue weighted by molar-refractivity contribution is -0.195. The van der Waals surface area contributed by atoms with E-state index in [-0.39, 0.29) is 12.8 Å². The van der Waals surface area contributed by atoms with E-state index in [9.17, 15) is 29.7 Å². The summed E-state index contributed by atoms with van der Waals surface area (Å²) >= 11 is 0. The average Bonchev–Trinajstić information content (AvgIpc) is 2.79. The number of carbonyl (C=O) groups is 3. The quantitative estimate of drug-likeness (QED) is 0.283. The van der Waals surface area contributed by atoms with E-state index in [1.807, 2.05) is 0 Å². The van der Waals surface area contributed by atoms with Crippen LogP contribution in [-0.2, 0) is 19.1 Å². The lowest BCUT2D eigenvalue weighted by Gasteiger charge is -2.31. The molecule has 1 saturated heterocycles. The van der Waals surface area contributed by atoms with Gasteiger partial charge in [0.25, 0.3) is 0 Å². The van der Waals surface area contributed by atoms with Crippen LogP contribution in [0.1, 0.15) is 77.6 Å². The number of rotatable bonds is 13. The summed E-state index contributed by atoms with van der Waals surface area (Å²) in [5, 5.41) is 38.9. The van der Waals surface area contributed by atoms with Crippen molar-refractivity contribution in [3.05, 3.63) is 0 Å². The Morgan fingerprint density at radius 3 is 1.81 bits per heavy atom. The molecule has 0 spiro atoms. The minimum atomic E-state index is -3.20. The predicted octanol–water partition coefficient (Wildman–Crippen LogP) is 1.85. The van der Waals surface area contributed by atoms with Gasteiger partial charge in [-0.3, -0.25) is 0 Å². The Morgan fingerprint density at radius 1 is 0.923 bits per heavy atom. The van der Waals surface area contributed by atoms with Crippen molar-refractivity contribution in [2.24, 2.45) is 0 Å². The van der Waals surface area contributed by atoms with Crippen LogP contribution in [0.5, 0.6) is 0 Å². The Bertz CT molecular complexity index is 505. The van der Waals surface area contributed by atoms with Gasteiger partial charge in [0.15, 0.2) is 0 Å². The summed E-state index contributed by atoms with van der Waals surface area (Å²) in [6.07, 6.45) is 7.23. The number of aliphatic carboxylic acids is 2. The molecule has 0 aromatic rings. The van der Waals surface area contributed by atoms with Crippen molar-refractivity contribution >= 4 is 17.9 Å². The van der Waals surface area contributed by atoms with Gasteiger partial charge in [-0.1, -0.05) is 64.7 Å². The van der Waals surface area contributed by atoms with Gasteiger partial charge in [-0.2, -0.15) is 0 Å². The summed E-state index contributed by atoms with van der Waals surface area (Å²) in [6.45, 7) is 2.16. The molecule has 0 aromatic carbocycles. The third-order valence-electron chi connectivity index (χ3n) is 5.02. The zero-order valence-corrected chi connectivity index (χ0v) is 15.3. The van der Waals surface area contributed by atoms with E-state index in [4.69, 9.17) is 5.11 Å². The number of hydrogen-bond acceptors (Lipinski definition) is 6. The molecule has 0 radical (unpaired) electrons. The fourth-order valence-corrected chi connectivity index (χ4v) is 3.34. The molecule has 0 amide bonds. The lowest BCUT2D eigenvalue weighted by atomic mass is 9.77. The SMILES string of the molecule is CCCCCCCCCCCC[C@]1(O)C(=O)O[C@H](C(=O)O)[C@@]1(O)C(=O)O. The molecule has 1 fully saturated rings. The smallest absolute Gasteiger partial charge is 0.348 e. The van der Waals surface area contributed by atoms with Crippen LogP contribution in [0.4, 0.5) is 0 Å². The standard InChI is InChI=1S/C18H30O8/c1-2-3-4-5-6-7-8-9-10-11-12-17(24)16(23)26-13(14(19)20)18(17,25)15(21)22/h13,24-25H,2-12H2,1H3,(H,19,20)(H,21,22)/t13-,17+,18-/m1/s1. The van der Waals surface area contributed by atoms with Crippen LogP contribution in [0.25, 0.3) is 0 Å². The maximum Gasteiger partial charge on any atom is 0.348 e. The Kier molecular flexibility index (Phi) is 8.49. The second-order valence-corrected chi connectivity index (χ2v) is 6.99. The Morgan fingerprint density at radius 2 is 1.38 bits per heavy atom. The maximum atomic E-state index is 11.9. The normalized spacial score (nSPS) is 28.1. The highest BCUT2D eigenvalue weighted by Gasteiger charge is 2.73. The first-order valence-electron chi connectivity index (χ1n) is 9.33. The minimum Gasteiger partial charge on any atom is -0.479 e. The van der Waals surface area contributed by atoms with Crippen molar-refractivity contribution in [2.45, 2.75) is 94.9 Å². The number of cyclic esters (lactones) is 1. The molecule has 0 saturated carbocycles. The molecule has 3 atom stereocenters. The van der Waals surface area contributed by atoms with Gasteiger partial charge in [0.2, 0.25) is 17.3 Å². The number of aliphatic hydroxyl groups is 2. The molecule has 1 aliphatic rings. The number of esters is 1. The highest BCUT2D eigenvalue weighted by atomic mass is 16.6. The first-order chi connectivity index (χ1) is 12.2. The molecule has 1 rings (SSSR count). The van der Waals surface area contributed by atoms with E-state index in [2.05, 4.69) is 11.7 Å². The van der Waals surface area contributed by atoms with Crippen molar-refractivity contribution in [1.82, 2.24) is 0 Å². The van der Waals surface area contributed by atoms with Crippen molar-refractivity contribution in [3.63, 3.8) is 0 Å². The monoisotopic (exact) mass is 374 g/mol. The van der Waals surface area contributed by atoms with Gasteiger partial charge in [-0.15, -0.1) is 0 Å². The van der Waals surface area contributed by atoms with E-state index in [1.54, 1.807) is 0 Å². The predicted molar refractivity (Wildman–Crippen MR) is 91.5 cm³/mol. The Labute approximate surface area is 153 Å². The van der Waals surface area contributed by atoms with Crippen molar-refractivity contribution < 1.29 is 39.5 Å². The summed E-state index contributed by atoms with van der Waals surface area (Å²) in [6, 6.07) is 0. The van der Waals surface area contributed by atoms with Crippen LogP contribution < -0.4 is 0 Å². The third kappa shape index (κ3) is 4.73. The van der Waals surface area contributed by atoms with Gasteiger partial charge in [0, 0.05) is 0 Å². The maximum absolute atomic E-state index is 11.9. The summed E-state index contributed by atoms with van der Waals surface area (Å²) in [4.78, 5) is 34.3. The number of carboxylic acid groups (broad SMARTS) is 2. The van der Waals surface area contributed by atoms with Crippen molar-refractivity contribution in [1.29, 1.82) is 0 Å². The molecular weight excluding hydrogens is 344 g/mol. The first-order valence-corrected chi connectivity index (χ1v) is 9.33. The molecule has 0 aliphatic carbocycles. The van der Waals surface area contributed by atoms with Crippen molar-refractivity contribution in [3.8, 4) is 0 Å². The summed E-state index contributed by atoms with van der Waals surface area (Å²) in [5.74, 6) is -5.22. The van der Waals surface area contributed by atoms with Crippen LogP contribution in [0.2, 0.25) is 0 Å². The van der Waals surface area contributed by atoms with Gasteiger partial charge >= 0.3 is 17.9 Å². The van der Waals surface area contributed by atoms with Crippen molar-refractivity contribution in [2.75, 3.05) is 0 Å². The van der Waals surface area contributed by atoms with Crippen LogP contribution >= 0.6 is 0 Å². The van der Waals surface area contributed by atoms with Gasteiger partial charge in [-0.25, -0.2) is 14.4 Å². The molecule has 4 N–H and O–H groups in total. The van der Waals surface area contributed by atoms with Gasteiger partial charge in [0.1, 0.15) is 0 Å². The first kappa shape index (κ1) is 22.4. The topological polar surface area (TPSA) is 141 Å². The lowest BCUT2D eigenvalue weighted by Crippen LogP contribution is -2.64. The molecule has 150 valence electrons. The van der Waals surface area contributed by atoms with Crippen LogP contribution in [0.3, 0.4) is 0 Å². The Hall–Kier alpha value is -1.67. The van der Waals surface area contributed by atoms with E-state index in [0.717, 1.165) is 25.7 Å². The second kappa shape index (κ2) is 9.87. The van der Waals surface area contributed by atoms with Gasteiger partial charge in [-0.05, 0) is 12.8 Å². The number of carboxylic acids is 2. The molecule has 8 nitrogen and oxygen atoms in total. The highest BCUT2D eigenvalue weighted by molar-refractivity contribution is 6.01. The largest absolute Gasteiger partial charge is 0.479 e. The van der Waals surface area contributed by atoms with Crippen LogP contribution in [0, 0.1) is 0 Å². The Balaban J connectivity index is 2.46. The van der Waals surface area contributed by atoms with Crippen LogP contribution in [-0.4, -0.2) is 55.6 Å². The molecule has 0 unspecified atom stereocenters. The molecule has 0 aromatic heterocycles. The van der Waals surface area contributed by atoms with E-state index < -0.39 is 35.2 Å². The molecule has 26 heavy (non-hydrogen) atoms. The highest BCUT2D eigenvalue weighted by Crippen LogP contribution is 2.40. The van der Waals surface area contributed by atoms with Crippen LogP contribution in [0.15, 0.2) is 0 Å².